The molecule has 1 aliphatic heterocycles. The number of nitrogens with one attached hydrogen (secondary N) is 2. The molecular weight excluding hydrogens is 438 g/mol. The van der Waals surface area contributed by atoms with E-state index in [1.807, 2.05) is 49.1 Å². The van der Waals surface area contributed by atoms with Crippen LogP contribution in [-0.2, 0) is 13.6 Å². The van der Waals surface area contributed by atoms with Crippen LogP contribution in [0.5, 0.6) is 0 Å². The van der Waals surface area contributed by atoms with E-state index < -0.39 is 0 Å². The predicted octanol–water partition coefficient (Wildman–Crippen LogP) is 4.12. The minimum absolute atomic E-state index is 0.418. The van der Waals surface area contributed by atoms with E-state index in [1.165, 1.54) is 6.42 Å². The maximum Gasteiger partial charge on any atom is 0.152 e. The fourth-order valence-electron chi connectivity index (χ4n) is 5.05. The van der Waals surface area contributed by atoms with Crippen LogP contribution in [0.15, 0.2) is 48.9 Å². The second kappa shape index (κ2) is 9.93. The maximum atomic E-state index is 12.4. The Labute approximate surface area is 205 Å². The lowest BCUT2D eigenvalue weighted by molar-refractivity contribution is 0.112. The SMILES string of the molecule is CNCc1c(-c2ccnc3c2ccn3C)ncc(Nc2cccc(C3CCCN(C)C3)n2)c1C=O. The Morgan fingerprint density at radius 3 is 2.86 bits per heavy atom. The number of aldehydes is 1. The van der Waals surface area contributed by atoms with Gasteiger partial charge in [-0.25, -0.2) is 9.97 Å². The smallest absolute Gasteiger partial charge is 0.152 e. The fourth-order valence-corrected chi connectivity index (χ4v) is 5.05. The molecule has 0 aromatic carbocycles. The first-order valence-corrected chi connectivity index (χ1v) is 12.0. The molecule has 180 valence electrons. The summed E-state index contributed by atoms with van der Waals surface area (Å²) in [6.45, 7) is 2.65. The molecule has 35 heavy (non-hydrogen) atoms. The molecule has 0 aliphatic carbocycles. The van der Waals surface area contributed by atoms with Gasteiger partial charge in [0.15, 0.2) is 6.29 Å². The lowest BCUT2D eigenvalue weighted by Gasteiger charge is -2.29. The van der Waals surface area contributed by atoms with Gasteiger partial charge in [0.1, 0.15) is 11.5 Å². The summed E-state index contributed by atoms with van der Waals surface area (Å²) in [5, 5.41) is 7.58. The van der Waals surface area contributed by atoms with E-state index in [2.05, 4.69) is 33.6 Å². The molecular formula is C27H31N7O. The first-order valence-electron chi connectivity index (χ1n) is 12.0. The molecule has 4 aromatic heterocycles. The molecule has 0 spiro atoms. The number of fused-ring (bicyclic) bond motifs is 1. The number of rotatable bonds is 7. The summed E-state index contributed by atoms with van der Waals surface area (Å²) >= 11 is 0. The van der Waals surface area contributed by atoms with E-state index in [0.29, 0.717) is 23.7 Å². The Morgan fingerprint density at radius 2 is 2.06 bits per heavy atom. The number of carbonyl (C=O) groups excluding carboxylic acids is 1. The van der Waals surface area contributed by atoms with Crippen LogP contribution in [0.3, 0.4) is 0 Å². The maximum absolute atomic E-state index is 12.4. The largest absolute Gasteiger partial charge is 0.338 e. The number of carbonyl (C=O) groups is 1. The number of pyridine rings is 3. The van der Waals surface area contributed by atoms with Gasteiger partial charge in [-0.15, -0.1) is 0 Å². The van der Waals surface area contributed by atoms with E-state index >= 15 is 0 Å². The van der Waals surface area contributed by atoms with Crippen LogP contribution in [-0.4, -0.2) is 57.9 Å². The third-order valence-electron chi connectivity index (χ3n) is 6.79. The number of nitrogens with zero attached hydrogens (tertiary/aromatic N) is 5. The normalized spacial score (nSPS) is 16.5. The number of anilines is 2. The van der Waals surface area contributed by atoms with Gasteiger partial charge in [-0.3, -0.25) is 9.78 Å². The second-order valence-electron chi connectivity index (χ2n) is 9.26. The fraction of sp³-hybridized carbons (Fsp3) is 0.333. The lowest BCUT2D eigenvalue weighted by atomic mass is 9.94. The molecule has 1 saturated heterocycles. The van der Waals surface area contributed by atoms with E-state index in [-0.39, 0.29) is 0 Å². The minimum Gasteiger partial charge on any atom is -0.338 e. The van der Waals surface area contributed by atoms with Crippen molar-refractivity contribution in [1.29, 1.82) is 0 Å². The molecule has 8 heteroatoms. The van der Waals surface area contributed by atoms with Crippen LogP contribution in [0, 0.1) is 0 Å². The van der Waals surface area contributed by atoms with Gasteiger partial charge >= 0.3 is 0 Å². The highest BCUT2D eigenvalue weighted by atomic mass is 16.1. The first-order chi connectivity index (χ1) is 17.1. The number of hydrogen-bond donors (Lipinski definition) is 2. The van der Waals surface area contributed by atoms with Crippen LogP contribution in [0.2, 0.25) is 0 Å². The van der Waals surface area contributed by atoms with Gasteiger partial charge in [-0.1, -0.05) is 6.07 Å². The number of aromatic nitrogens is 4. The summed E-state index contributed by atoms with van der Waals surface area (Å²) in [5.74, 6) is 1.14. The zero-order valence-corrected chi connectivity index (χ0v) is 20.5. The summed E-state index contributed by atoms with van der Waals surface area (Å²) in [4.78, 5) is 28.9. The number of aryl methyl sites for hydroxylation is 1. The lowest BCUT2D eigenvalue weighted by Crippen LogP contribution is -2.31. The highest BCUT2D eigenvalue weighted by Crippen LogP contribution is 2.33. The summed E-state index contributed by atoms with van der Waals surface area (Å²) in [5.41, 5.74) is 5.76. The summed E-state index contributed by atoms with van der Waals surface area (Å²) in [6.07, 6.45) is 8.73. The Hall–Kier alpha value is -3.62. The zero-order chi connectivity index (χ0) is 24.4. The Morgan fingerprint density at radius 1 is 1.17 bits per heavy atom. The van der Waals surface area contributed by atoms with E-state index in [1.54, 1.807) is 12.4 Å². The molecule has 0 radical (unpaired) electrons. The van der Waals surface area contributed by atoms with Crippen LogP contribution in [0.1, 0.15) is 40.4 Å². The third-order valence-corrected chi connectivity index (χ3v) is 6.79. The molecule has 0 saturated carbocycles. The van der Waals surface area contributed by atoms with Crippen molar-refractivity contribution in [2.75, 3.05) is 32.5 Å². The van der Waals surface area contributed by atoms with Crippen LogP contribution in [0.4, 0.5) is 11.5 Å². The number of piperidine rings is 1. The Kier molecular flexibility index (Phi) is 6.57. The van der Waals surface area contributed by atoms with E-state index in [4.69, 9.17) is 9.97 Å². The van der Waals surface area contributed by atoms with E-state index in [9.17, 15) is 4.79 Å². The van der Waals surface area contributed by atoms with Gasteiger partial charge in [0.2, 0.25) is 0 Å². The average Bonchev–Trinajstić information content (AvgIpc) is 3.26. The van der Waals surface area contributed by atoms with Crippen LogP contribution >= 0.6 is 0 Å². The number of hydrogen-bond acceptors (Lipinski definition) is 7. The van der Waals surface area contributed by atoms with E-state index in [0.717, 1.165) is 65.2 Å². The predicted molar refractivity (Wildman–Crippen MR) is 139 cm³/mol. The quantitative estimate of drug-likeness (QED) is 0.394. The van der Waals surface area contributed by atoms with Gasteiger partial charge in [0.05, 0.1) is 17.6 Å². The monoisotopic (exact) mass is 469 g/mol. The molecule has 1 fully saturated rings. The van der Waals surface area contributed by atoms with Crippen molar-refractivity contribution in [2.24, 2.45) is 7.05 Å². The van der Waals surface area contributed by atoms with Crippen LogP contribution in [0.25, 0.3) is 22.3 Å². The molecule has 5 rings (SSSR count). The molecule has 2 N–H and O–H groups in total. The minimum atomic E-state index is 0.418. The van der Waals surface area contributed by atoms with Crippen molar-refractivity contribution in [3.8, 4) is 11.3 Å². The topological polar surface area (TPSA) is 88.0 Å². The molecule has 5 heterocycles. The summed E-state index contributed by atoms with van der Waals surface area (Å²) < 4.78 is 1.98. The standard InChI is InChI=1S/C27H31N7O/c1-28-14-21-22(17-35)24(15-30-26(21)19-9-11-29-27-20(19)10-13-34(27)3)32-25-8-4-7-23(31-25)18-6-5-12-33(2)16-18/h4,7-11,13,15,17-18,28H,5-6,12,14,16H2,1-3H3,(H,31,32). The van der Waals surface area contributed by atoms with Crippen molar-refractivity contribution in [1.82, 2.24) is 29.7 Å². The van der Waals surface area contributed by atoms with Crippen molar-refractivity contribution in [2.45, 2.75) is 25.3 Å². The highest BCUT2D eigenvalue weighted by Gasteiger charge is 2.21. The molecule has 1 aliphatic rings. The zero-order valence-electron chi connectivity index (χ0n) is 20.5. The molecule has 8 nitrogen and oxygen atoms in total. The van der Waals surface area contributed by atoms with Gasteiger partial charge in [-0.05, 0) is 57.7 Å². The van der Waals surface area contributed by atoms with Gasteiger partial charge < -0.3 is 20.1 Å². The van der Waals surface area contributed by atoms with Crippen molar-refractivity contribution in [3.05, 3.63) is 65.7 Å². The molecule has 4 aromatic rings. The highest BCUT2D eigenvalue weighted by molar-refractivity contribution is 5.96. The van der Waals surface area contributed by atoms with Crippen molar-refractivity contribution >= 4 is 28.8 Å². The first kappa shape index (κ1) is 23.1. The van der Waals surface area contributed by atoms with Gasteiger partial charge in [0.25, 0.3) is 0 Å². The van der Waals surface area contributed by atoms with Gasteiger partial charge in [0, 0.05) is 66.2 Å². The number of likely N-dealkylation sites (N-methyl/N-ethyl adjacent to an activating group) is 1. The third kappa shape index (κ3) is 4.54. The van der Waals surface area contributed by atoms with Gasteiger partial charge in [-0.2, -0.15) is 0 Å². The molecule has 1 unspecified atom stereocenters. The second-order valence-corrected chi connectivity index (χ2v) is 9.26. The average molecular weight is 470 g/mol. The molecule has 1 atom stereocenters. The summed E-state index contributed by atoms with van der Waals surface area (Å²) in [7, 11) is 6.00. The molecule has 0 bridgehead atoms. The summed E-state index contributed by atoms with van der Waals surface area (Å²) in [6, 6.07) is 10.1. The number of likely N-dealkylation sites (tertiary alicyclic amines) is 1. The van der Waals surface area contributed by atoms with Crippen LogP contribution < -0.4 is 10.6 Å². The molecule has 0 amide bonds. The Balaban J connectivity index is 1.53. The Bertz CT molecular complexity index is 1360. The van der Waals surface area contributed by atoms with Crippen molar-refractivity contribution in [3.63, 3.8) is 0 Å². The van der Waals surface area contributed by atoms with Crippen molar-refractivity contribution < 1.29 is 4.79 Å².